The summed E-state index contributed by atoms with van der Waals surface area (Å²) in [6, 6.07) is 3.99. The van der Waals surface area contributed by atoms with Gasteiger partial charge in [-0.05, 0) is 49.8 Å². The van der Waals surface area contributed by atoms with Crippen LogP contribution in [0.1, 0.15) is 44.1 Å². The van der Waals surface area contributed by atoms with Crippen LogP contribution in [0.2, 0.25) is 0 Å². The van der Waals surface area contributed by atoms with E-state index >= 15 is 0 Å². The summed E-state index contributed by atoms with van der Waals surface area (Å²) in [5.74, 6) is -1.73. The quantitative estimate of drug-likeness (QED) is 0.897. The zero-order chi connectivity index (χ0) is 17.0. The second kappa shape index (κ2) is 7.57. The summed E-state index contributed by atoms with van der Waals surface area (Å²) in [6.45, 7) is 1.58. The highest BCUT2D eigenvalue weighted by molar-refractivity contribution is 5.77. The molecule has 2 fully saturated rings. The number of piperidine rings is 1. The van der Waals surface area contributed by atoms with Crippen LogP contribution in [0, 0.1) is 11.6 Å². The van der Waals surface area contributed by atoms with Gasteiger partial charge in [-0.25, -0.2) is 8.78 Å². The first-order valence-corrected chi connectivity index (χ1v) is 8.54. The predicted molar refractivity (Wildman–Crippen MR) is 84.4 cm³/mol. The Bertz CT molecular complexity index is 578. The number of nitrogens with one attached hydrogen (secondary N) is 1. The molecule has 2 saturated heterocycles. The lowest BCUT2D eigenvalue weighted by Crippen LogP contribution is -2.47. The van der Waals surface area contributed by atoms with E-state index in [1.165, 1.54) is 6.07 Å². The van der Waals surface area contributed by atoms with Crippen LogP contribution < -0.4 is 5.32 Å². The Balaban J connectivity index is 1.70. The van der Waals surface area contributed by atoms with E-state index in [1.807, 2.05) is 0 Å². The molecule has 2 unspecified atom stereocenters. The number of hydrogen-bond donors (Lipinski definition) is 1. The van der Waals surface area contributed by atoms with E-state index < -0.39 is 17.0 Å². The molecule has 1 aromatic rings. The fourth-order valence-electron chi connectivity index (χ4n) is 3.46. The van der Waals surface area contributed by atoms with Crippen LogP contribution >= 0.6 is 0 Å². The second-order valence-electron chi connectivity index (χ2n) is 6.60. The Kier molecular flexibility index (Phi) is 5.46. The highest BCUT2D eigenvalue weighted by Gasteiger charge is 2.37. The Morgan fingerprint density at radius 1 is 1.29 bits per heavy atom. The number of hydrogen-bond acceptors (Lipinski definition) is 3. The van der Waals surface area contributed by atoms with Crippen molar-refractivity contribution < 1.29 is 23.0 Å². The first-order valence-electron chi connectivity index (χ1n) is 8.54. The molecule has 132 valence electrons. The summed E-state index contributed by atoms with van der Waals surface area (Å²) in [6.07, 6.45) is 4.45. The standard InChI is InChI=1S/C18H23F2NO3/c19-14-5-4-13(11-15(14)20)18(7-6-16(22)21-12-18)8-10-24-17-3-1-2-9-23-17/h4-5,11,17H,1-3,6-10,12H2,(H,21,22). The van der Waals surface area contributed by atoms with Gasteiger partial charge in [-0.2, -0.15) is 0 Å². The van der Waals surface area contributed by atoms with Crippen molar-refractivity contribution in [2.75, 3.05) is 19.8 Å². The van der Waals surface area contributed by atoms with Crippen LogP contribution in [0.25, 0.3) is 0 Å². The van der Waals surface area contributed by atoms with Crippen molar-refractivity contribution in [3.05, 3.63) is 35.4 Å². The molecule has 0 bridgehead atoms. The molecule has 6 heteroatoms. The fourth-order valence-corrected chi connectivity index (χ4v) is 3.46. The zero-order valence-electron chi connectivity index (χ0n) is 13.7. The minimum absolute atomic E-state index is 0.00950. The molecule has 0 aliphatic carbocycles. The monoisotopic (exact) mass is 339 g/mol. The fraction of sp³-hybridized carbons (Fsp3) is 0.611. The molecule has 2 heterocycles. The molecular weight excluding hydrogens is 316 g/mol. The Morgan fingerprint density at radius 3 is 2.83 bits per heavy atom. The summed E-state index contributed by atoms with van der Waals surface area (Å²) >= 11 is 0. The van der Waals surface area contributed by atoms with Gasteiger partial charge in [0, 0.05) is 25.0 Å². The molecule has 1 aromatic carbocycles. The molecule has 0 radical (unpaired) electrons. The molecule has 3 rings (SSSR count). The smallest absolute Gasteiger partial charge is 0.220 e. The number of benzene rings is 1. The van der Waals surface area contributed by atoms with Crippen LogP contribution in [0.4, 0.5) is 8.78 Å². The minimum Gasteiger partial charge on any atom is -0.355 e. The topological polar surface area (TPSA) is 47.6 Å². The van der Waals surface area contributed by atoms with Gasteiger partial charge in [0.25, 0.3) is 0 Å². The molecule has 0 aromatic heterocycles. The van der Waals surface area contributed by atoms with Gasteiger partial charge in [-0.15, -0.1) is 0 Å². The van der Waals surface area contributed by atoms with Crippen molar-refractivity contribution in [3.63, 3.8) is 0 Å². The van der Waals surface area contributed by atoms with Crippen molar-refractivity contribution >= 4 is 5.91 Å². The molecule has 24 heavy (non-hydrogen) atoms. The van der Waals surface area contributed by atoms with E-state index in [0.29, 0.717) is 38.0 Å². The average molecular weight is 339 g/mol. The van der Waals surface area contributed by atoms with E-state index in [0.717, 1.165) is 31.9 Å². The average Bonchev–Trinajstić information content (AvgIpc) is 2.60. The lowest BCUT2D eigenvalue weighted by Gasteiger charge is -2.38. The minimum atomic E-state index is -0.861. The van der Waals surface area contributed by atoms with Crippen LogP contribution in [-0.4, -0.2) is 32.0 Å². The second-order valence-corrected chi connectivity index (χ2v) is 6.60. The summed E-state index contributed by atoms with van der Waals surface area (Å²) in [5, 5.41) is 2.85. The maximum Gasteiger partial charge on any atom is 0.220 e. The molecule has 2 atom stereocenters. The molecule has 1 amide bonds. The van der Waals surface area contributed by atoms with Crippen LogP contribution in [0.15, 0.2) is 18.2 Å². The van der Waals surface area contributed by atoms with Gasteiger partial charge in [-0.1, -0.05) is 6.07 Å². The van der Waals surface area contributed by atoms with Gasteiger partial charge < -0.3 is 14.8 Å². The predicted octanol–water partition coefficient (Wildman–Crippen LogP) is 3.05. The van der Waals surface area contributed by atoms with E-state index in [9.17, 15) is 13.6 Å². The van der Waals surface area contributed by atoms with E-state index in [4.69, 9.17) is 9.47 Å². The largest absolute Gasteiger partial charge is 0.355 e. The van der Waals surface area contributed by atoms with E-state index in [-0.39, 0.29) is 12.2 Å². The zero-order valence-corrected chi connectivity index (χ0v) is 13.7. The van der Waals surface area contributed by atoms with Crippen LogP contribution in [0.3, 0.4) is 0 Å². The van der Waals surface area contributed by atoms with Gasteiger partial charge >= 0.3 is 0 Å². The van der Waals surface area contributed by atoms with Crippen LogP contribution in [0.5, 0.6) is 0 Å². The summed E-state index contributed by atoms with van der Waals surface area (Å²) < 4.78 is 38.3. The number of amides is 1. The Morgan fingerprint density at radius 2 is 2.17 bits per heavy atom. The highest BCUT2D eigenvalue weighted by atomic mass is 19.2. The summed E-state index contributed by atoms with van der Waals surface area (Å²) in [5.41, 5.74) is 0.270. The Hall–Kier alpha value is -1.53. The van der Waals surface area contributed by atoms with Crippen molar-refractivity contribution in [2.45, 2.75) is 50.2 Å². The molecule has 1 N–H and O–H groups in total. The van der Waals surface area contributed by atoms with E-state index in [1.54, 1.807) is 6.07 Å². The van der Waals surface area contributed by atoms with Gasteiger partial charge in [0.2, 0.25) is 5.91 Å². The van der Waals surface area contributed by atoms with Gasteiger partial charge in [0.15, 0.2) is 17.9 Å². The number of ether oxygens (including phenoxy) is 2. The number of carbonyl (C=O) groups is 1. The first kappa shape index (κ1) is 17.3. The summed E-state index contributed by atoms with van der Waals surface area (Å²) in [7, 11) is 0. The first-order chi connectivity index (χ1) is 11.6. The van der Waals surface area contributed by atoms with Gasteiger partial charge in [0.1, 0.15) is 0 Å². The molecule has 2 aliphatic heterocycles. The molecule has 0 saturated carbocycles. The van der Waals surface area contributed by atoms with Crippen molar-refractivity contribution in [3.8, 4) is 0 Å². The van der Waals surface area contributed by atoms with Gasteiger partial charge in [-0.3, -0.25) is 4.79 Å². The maximum absolute atomic E-state index is 13.7. The maximum atomic E-state index is 13.7. The van der Waals surface area contributed by atoms with E-state index in [2.05, 4.69) is 5.32 Å². The number of rotatable bonds is 5. The molecule has 2 aliphatic rings. The third-order valence-corrected chi connectivity index (χ3v) is 5.01. The lowest BCUT2D eigenvalue weighted by atomic mass is 9.72. The van der Waals surface area contributed by atoms with Gasteiger partial charge in [0.05, 0.1) is 6.61 Å². The van der Waals surface area contributed by atoms with Crippen molar-refractivity contribution in [1.29, 1.82) is 0 Å². The molecule has 0 spiro atoms. The third kappa shape index (κ3) is 3.92. The molecular formula is C18H23F2NO3. The van der Waals surface area contributed by atoms with Crippen molar-refractivity contribution in [2.24, 2.45) is 0 Å². The summed E-state index contributed by atoms with van der Waals surface area (Å²) in [4.78, 5) is 11.5. The van der Waals surface area contributed by atoms with Crippen molar-refractivity contribution in [1.82, 2.24) is 5.32 Å². The normalized spacial score (nSPS) is 27.8. The highest BCUT2D eigenvalue weighted by Crippen LogP contribution is 2.36. The lowest BCUT2D eigenvalue weighted by molar-refractivity contribution is -0.165. The molecule has 4 nitrogen and oxygen atoms in total. The number of halogens is 2. The SMILES string of the molecule is O=C1CCC(CCOC2CCCCO2)(c2ccc(F)c(F)c2)CN1. The Labute approximate surface area is 140 Å². The third-order valence-electron chi connectivity index (χ3n) is 5.01. The number of carbonyl (C=O) groups excluding carboxylic acids is 1. The van der Waals surface area contributed by atoms with Crippen LogP contribution in [-0.2, 0) is 19.7 Å².